The number of fused-ring (bicyclic) bond motifs is 2. The molecule has 1 aliphatic heterocycles. The van der Waals surface area contributed by atoms with Crippen LogP contribution >= 0.6 is 0 Å². The fourth-order valence-corrected chi connectivity index (χ4v) is 2.77. The average molecular weight is 212 g/mol. The molecule has 2 fully saturated rings. The maximum Gasteiger partial charge on any atom is 0.310 e. The van der Waals surface area contributed by atoms with Gasteiger partial charge in [-0.05, 0) is 18.8 Å². The Bertz CT molecular complexity index is 310. The summed E-state index contributed by atoms with van der Waals surface area (Å²) >= 11 is 0. The largest absolute Gasteiger partial charge is 0.481 e. The van der Waals surface area contributed by atoms with Gasteiger partial charge in [0.2, 0.25) is 0 Å². The van der Waals surface area contributed by atoms with Crippen LogP contribution in [0.4, 0.5) is 0 Å². The Hall–Kier alpha value is -1.06. The first-order valence-electron chi connectivity index (χ1n) is 5.42. The summed E-state index contributed by atoms with van der Waals surface area (Å²) in [6, 6.07) is 0. The normalized spacial score (nSPS) is 39.3. The van der Waals surface area contributed by atoms with E-state index >= 15 is 0 Å². The Morgan fingerprint density at radius 1 is 1.60 bits per heavy atom. The Labute approximate surface area is 88.6 Å². The Morgan fingerprint density at radius 3 is 2.80 bits per heavy atom. The van der Waals surface area contributed by atoms with Crippen molar-refractivity contribution in [2.24, 2.45) is 17.8 Å². The van der Waals surface area contributed by atoms with E-state index in [4.69, 9.17) is 9.84 Å². The zero-order valence-corrected chi connectivity index (χ0v) is 9.03. The van der Waals surface area contributed by atoms with Crippen molar-refractivity contribution in [1.82, 2.24) is 0 Å². The van der Waals surface area contributed by atoms with E-state index in [1.165, 1.54) is 0 Å². The minimum absolute atomic E-state index is 0.265. The lowest BCUT2D eigenvalue weighted by atomic mass is 9.70. The number of ether oxygens (including phenoxy) is 1. The molecule has 0 spiro atoms. The van der Waals surface area contributed by atoms with Crippen LogP contribution < -0.4 is 0 Å². The molecule has 0 aromatic rings. The quantitative estimate of drug-likeness (QED) is 0.703. The van der Waals surface area contributed by atoms with Gasteiger partial charge in [-0.1, -0.05) is 13.8 Å². The van der Waals surface area contributed by atoms with Crippen LogP contribution in [-0.2, 0) is 14.3 Å². The van der Waals surface area contributed by atoms with Gasteiger partial charge < -0.3 is 9.84 Å². The van der Waals surface area contributed by atoms with Crippen LogP contribution in [0, 0.1) is 17.8 Å². The van der Waals surface area contributed by atoms with Gasteiger partial charge in [0.1, 0.15) is 5.60 Å². The van der Waals surface area contributed by atoms with Crippen LogP contribution in [-0.4, -0.2) is 22.6 Å². The first-order chi connectivity index (χ1) is 6.96. The molecule has 0 unspecified atom stereocenters. The number of hydrogen-bond acceptors (Lipinski definition) is 3. The maximum atomic E-state index is 11.6. The summed E-state index contributed by atoms with van der Waals surface area (Å²) < 4.78 is 5.41. The van der Waals surface area contributed by atoms with Crippen LogP contribution in [0.1, 0.15) is 33.1 Å². The van der Waals surface area contributed by atoms with Gasteiger partial charge in [0, 0.05) is 6.42 Å². The zero-order valence-electron chi connectivity index (χ0n) is 9.03. The van der Waals surface area contributed by atoms with Crippen molar-refractivity contribution in [3.05, 3.63) is 0 Å². The molecule has 1 saturated heterocycles. The molecule has 0 radical (unpaired) electrons. The predicted octanol–water partition coefficient (Wildman–Crippen LogP) is 1.44. The number of carboxylic acids is 1. The number of carbonyl (C=O) groups is 2. The molecule has 1 heterocycles. The molecular formula is C11H16O4. The fraction of sp³-hybridized carbons (Fsp3) is 0.818. The fourth-order valence-electron chi connectivity index (χ4n) is 2.77. The molecule has 3 atom stereocenters. The van der Waals surface area contributed by atoms with Crippen LogP contribution in [0.2, 0.25) is 0 Å². The summed E-state index contributed by atoms with van der Waals surface area (Å²) in [5, 5.41) is 8.99. The van der Waals surface area contributed by atoms with E-state index in [0.717, 1.165) is 0 Å². The first kappa shape index (κ1) is 10.5. The minimum atomic E-state index is -0.865. The minimum Gasteiger partial charge on any atom is -0.481 e. The lowest BCUT2D eigenvalue weighted by Gasteiger charge is -2.35. The van der Waals surface area contributed by atoms with Gasteiger partial charge >= 0.3 is 11.9 Å². The highest BCUT2D eigenvalue weighted by Crippen LogP contribution is 2.49. The summed E-state index contributed by atoms with van der Waals surface area (Å²) in [5.74, 6) is -1.86. The van der Waals surface area contributed by atoms with Crippen LogP contribution in [0.25, 0.3) is 0 Å². The van der Waals surface area contributed by atoms with Crippen LogP contribution in [0.5, 0.6) is 0 Å². The summed E-state index contributed by atoms with van der Waals surface area (Å²) in [6.45, 7) is 4.05. The van der Waals surface area contributed by atoms with E-state index in [0.29, 0.717) is 19.3 Å². The van der Waals surface area contributed by atoms with Gasteiger partial charge in [0.05, 0.1) is 11.8 Å². The smallest absolute Gasteiger partial charge is 0.310 e. The van der Waals surface area contributed by atoms with Crippen molar-refractivity contribution in [2.75, 3.05) is 0 Å². The number of rotatable bonds is 2. The number of esters is 1. The van der Waals surface area contributed by atoms with Gasteiger partial charge in [-0.3, -0.25) is 9.59 Å². The van der Waals surface area contributed by atoms with Crippen molar-refractivity contribution in [3.63, 3.8) is 0 Å². The summed E-state index contributed by atoms with van der Waals surface area (Å²) in [4.78, 5) is 22.5. The van der Waals surface area contributed by atoms with E-state index in [1.54, 1.807) is 0 Å². The summed E-state index contributed by atoms with van der Waals surface area (Å²) in [5.41, 5.74) is -0.381. The lowest BCUT2D eigenvalue weighted by Crippen LogP contribution is -2.39. The zero-order chi connectivity index (χ0) is 11.2. The SMILES string of the molecule is CC(C)[C@@]12CC[C@H](C(=O)O)[C@H](C1)C(=O)O2. The van der Waals surface area contributed by atoms with Crippen molar-refractivity contribution in [3.8, 4) is 0 Å². The number of carboxylic acid groups (broad SMARTS) is 1. The molecule has 4 nitrogen and oxygen atoms in total. The van der Waals surface area contributed by atoms with E-state index < -0.39 is 17.8 Å². The second-order valence-corrected chi connectivity index (χ2v) is 4.93. The maximum absolute atomic E-state index is 11.6. The second kappa shape index (κ2) is 3.22. The highest BCUT2D eigenvalue weighted by molar-refractivity contribution is 5.83. The molecule has 0 aromatic heterocycles. The van der Waals surface area contributed by atoms with Crippen molar-refractivity contribution in [1.29, 1.82) is 0 Å². The van der Waals surface area contributed by atoms with Crippen molar-refractivity contribution < 1.29 is 19.4 Å². The molecule has 1 N–H and O–H groups in total. The van der Waals surface area contributed by atoms with Crippen LogP contribution in [0.3, 0.4) is 0 Å². The Balaban J connectivity index is 2.24. The van der Waals surface area contributed by atoms with Gasteiger partial charge in [0.15, 0.2) is 0 Å². The molecular weight excluding hydrogens is 196 g/mol. The summed E-state index contributed by atoms with van der Waals surface area (Å²) in [6.07, 6.45) is 1.83. The number of aliphatic carboxylic acids is 1. The lowest BCUT2D eigenvalue weighted by molar-refractivity contribution is -0.154. The molecule has 4 heteroatoms. The van der Waals surface area contributed by atoms with Crippen molar-refractivity contribution in [2.45, 2.75) is 38.7 Å². The van der Waals surface area contributed by atoms with Gasteiger partial charge in [-0.25, -0.2) is 0 Å². The third kappa shape index (κ3) is 1.43. The Morgan fingerprint density at radius 2 is 2.27 bits per heavy atom. The first-order valence-corrected chi connectivity index (χ1v) is 5.42. The molecule has 0 aromatic carbocycles. The highest BCUT2D eigenvalue weighted by atomic mass is 16.6. The molecule has 1 aliphatic carbocycles. The predicted molar refractivity (Wildman–Crippen MR) is 52.1 cm³/mol. The highest BCUT2D eigenvalue weighted by Gasteiger charge is 2.56. The summed E-state index contributed by atoms with van der Waals surface area (Å²) in [7, 11) is 0. The van der Waals surface area contributed by atoms with Crippen molar-refractivity contribution >= 4 is 11.9 Å². The standard InChI is InChI=1S/C11H16O4/c1-6(2)11-4-3-7(9(12)13)8(5-11)10(14)15-11/h6-8H,3-5H2,1-2H3,(H,12,13)/t7-,8-,11+/m0/s1. The third-order valence-corrected chi connectivity index (χ3v) is 3.91. The van der Waals surface area contributed by atoms with E-state index in [2.05, 4.69) is 0 Å². The third-order valence-electron chi connectivity index (χ3n) is 3.91. The molecule has 2 bridgehead atoms. The molecule has 84 valence electrons. The molecule has 15 heavy (non-hydrogen) atoms. The molecule has 2 rings (SSSR count). The van der Waals surface area contributed by atoms with Gasteiger partial charge in [-0.15, -0.1) is 0 Å². The topological polar surface area (TPSA) is 63.6 Å². The Kier molecular flexibility index (Phi) is 2.24. The van der Waals surface area contributed by atoms with E-state index in [-0.39, 0.29) is 17.5 Å². The van der Waals surface area contributed by atoms with E-state index in [1.807, 2.05) is 13.8 Å². The second-order valence-electron chi connectivity index (χ2n) is 4.93. The monoisotopic (exact) mass is 212 g/mol. The molecule has 2 aliphatic rings. The van der Waals surface area contributed by atoms with Gasteiger partial charge in [-0.2, -0.15) is 0 Å². The average Bonchev–Trinajstić information content (AvgIpc) is 2.40. The van der Waals surface area contributed by atoms with Gasteiger partial charge in [0.25, 0.3) is 0 Å². The number of carbonyl (C=O) groups excluding carboxylic acids is 1. The molecule has 1 saturated carbocycles. The molecule has 0 amide bonds. The van der Waals surface area contributed by atoms with Crippen LogP contribution in [0.15, 0.2) is 0 Å². The van der Waals surface area contributed by atoms with E-state index in [9.17, 15) is 9.59 Å². The number of hydrogen-bond donors (Lipinski definition) is 1.